The smallest absolute Gasteiger partial charge is 0.263 e. The fraction of sp³-hybridized carbons (Fsp3) is 0.0417. The third-order valence-electron chi connectivity index (χ3n) is 5.18. The molecule has 4 aromatic heterocycles. The van der Waals surface area contributed by atoms with Gasteiger partial charge < -0.3 is 4.74 Å². The van der Waals surface area contributed by atoms with Gasteiger partial charge in [-0.25, -0.2) is 18.4 Å². The summed E-state index contributed by atoms with van der Waals surface area (Å²) in [6, 6.07) is 11.0. The molecule has 1 N–H and O–H groups in total. The molecule has 5 rings (SSSR count). The summed E-state index contributed by atoms with van der Waals surface area (Å²) in [7, 11) is -2.30. The van der Waals surface area contributed by atoms with Gasteiger partial charge in [-0.3, -0.25) is 9.40 Å². The van der Waals surface area contributed by atoms with Crippen molar-refractivity contribution in [1.82, 2.24) is 24.7 Å². The van der Waals surface area contributed by atoms with Gasteiger partial charge in [0.15, 0.2) is 10.9 Å². The largest absolute Gasteiger partial charge is 0.454 e. The zero-order chi connectivity index (χ0) is 26.9. The second-order valence-electron chi connectivity index (χ2n) is 7.73. The number of benzene rings is 1. The summed E-state index contributed by atoms with van der Waals surface area (Å²) in [5.41, 5.74) is 0.858. The Morgan fingerprint density at radius 3 is 2.61 bits per heavy atom. The van der Waals surface area contributed by atoms with Crippen LogP contribution in [0.1, 0.15) is 5.56 Å². The SMILES string of the molecule is Cn1cc(-c2nc(-c3ccc(F)nc3F)ccc2Oc2ccc(S(=O)(=O)Nc3nccs3)cc2C#N)cn1. The predicted molar refractivity (Wildman–Crippen MR) is 134 cm³/mol. The summed E-state index contributed by atoms with van der Waals surface area (Å²) >= 11 is 1.11. The van der Waals surface area contributed by atoms with E-state index in [-0.39, 0.29) is 44.0 Å². The summed E-state index contributed by atoms with van der Waals surface area (Å²) in [6.45, 7) is 0. The molecule has 0 unspecified atom stereocenters. The summed E-state index contributed by atoms with van der Waals surface area (Å²) in [5, 5.41) is 15.7. The number of aryl methyl sites for hydroxylation is 1. The molecule has 14 heteroatoms. The number of hydrogen-bond donors (Lipinski definition) is 1. The van der Waals surface area contributed by atoms with Crippen molar-refractivity contribution >= 4 is 26.5 Å². The molecular formula is C24H15F2N7O3S2. The van der Waals surface area contributed by atoms with Crippen LogP contribution in [0.15, 0.2) is 71.3 Å². The lowest BCUT2D eigenvalue weighted by molar-refractivity contribution is 0.480. The van der Waals surface area contributed by atoms with Crippen molar-refractivity contribution in [1.29, 1.82) is 5.26 Å². The average molecular weight is 552 g/mol. The molecule has 0 amide bonds. The standard InChI is InChI=1S/C24H15F2N7O3S2/c1-33-13-15(12-29-33)22-20(6-4-18(30-22)17-3-7-21(25)31-23(17)26)36-19-5-2-16(10-14(19)11-27)38(34,35)32-24-28-8-9-37-24/h2-10,12-13H,1H3,(H,28,32). The van der Waals surface area contributed by atoms with E-state index in [4.69, 9.17) is 4.74 Å². The molecule has 0 fully saturated rings. The van der Waals surface area contributed by atoms with Crippen LogP contribution in [-0.2, 0) is 17.1 Å². The lowest BCUT2D eigenvalue weighted by atomic mass is 10.1. The summed E-state index contributed by atoms with van der Waals surface area (Å²) in [5.74, 6) is -1.74. The molecule has 0 atom stereocenters. The lowest BCUT2D eigenvalue weighted by Gasteiger charge is -2.13. The third kappa shape index (κ3) is 5.05. The molecule has 0 aliphatic carbocycles. The number of rotatable bonds is 7. The van der Waals surface area contributed by atoms with E-state index in [0.717, 1.165) is 17.4 Å². The number of nitriles is 1. The molecule has 38 heavy (non-hydrogen) atoms. The van der Waals surface area contributed by atoms with Crippen LogP contribution in [0.4, 0.5) is 13.9 Å². The lowest BCUT2D eigenvalue weighted by Crippen LogP contribution is -2.13. The highest BCUT2D eigenvalue weighted by Crippen LogP contribution is 2.36. The molecule has 5 aromatic rings. The molecule has 190 valence electrons. The van der Waals surface area contributed by atoms with Crippen LogP contribution < -0.4 is 9.46 Å². The number of ether oxygens (including phenoxy) is 1. The molecule has 0 spiro atoms. The molecule has 0 saturated carbocycles. The van der Waals surface area contributed by atoms with Crippen LogP contribution in [0.3, 0.4) is 0 Å². The van der Waals surface area contributed by atoms with Crippen molar-refractivity contribution < 1.29 is 21.9 Å². The van der Waals surface area contributed by atoms with E-state index < -0.39 is 21.9 Å². The van der Waals surface area contributed by atoms with E-state index in [2.05, 4.69) is 24.8 Å². The Labute approximate surface area is 218 Å². The quantitative estimate of drug-likeness (QED) is 0.287. The highest BCUT2D eigenvalue weighted by Gasteiger charge is 2.20. The second kappa shape index (κ2) is 9.96. The van der Waals surface area contributed by atoms with Crippen molar-refractivity contribution in [2.24, 2.45) is 7.05 Å². The highest BCUT2D eigenvalue weighted by atomic mass is 32.2. The first-order chi connectivity index (χ1) is 18.2. The third-order valence-corrected chi connectivity index (χ3v) is 7.34. The van der Waals surface area contributed by atoms with Gasteiger partial charge in [0.2, 0.25) is 11.9 Å². The van der Waals surface area contributed by atoms with Crippen LogP contribution in [0.5, 0.6) is 11.5 Å². The first-order valence-electron chi connectivity index (χ1n) is 10.7. The number of anilines is 1. The van der Waals surface area contributed by atoms with Gasteiger partial charge in [0.25, 0.3) is 10.0 Å². The minimum absolute atomic E-state index is 0.0249. The van der Waals surface area contributed by atoms with E-state index in [1.807, 2.05) is 6.07 Å². The number of sulfonamides is 1. The molecule has 10 nitrogen and oxygen atoms in total. The molecule has 0 radical (unpaired) electrons. The molecule has 0 aliphatic rings. The van der Waals surface area contributed by atoms with Crippen molar-refractivity contribution in [2.45, 2.75) is 4.90 Å². The van der Waals surface area contributed by atoms with Gasteiger partial charge in [-0.1, -0.05) is 0 Å². The first kappa shape index (κ1) is 24.9. The maximum absolute atomic E-state index is 14.3. The Kier molecular flexibility index (Phi) is 6.53. The fourth-order valence-corrected chi connectivity index (χ4v) is 5.27. The Balaban J connectivity index is 1.53. The summed E-state index contributed by atoms with van der Waals surface area (Å²) < 4.78 is 63.0. The normalized spacial score (nSPS) is 11.2. The maximum Gasteiger partial charge on any atom is 0.263 e. The Bertz CT molecular complexity index is 1800. The highest BCUT2D eigenvalue weighted by molar-refractivity contribution is 7.93. The van der Waals surface area contributed by atoms with Crippen molar-refractivity contribution in [3.05, 3.63) is 83.9 Å². The van der Waals surface area contributed by atoms with Gasteiger partial charge in [0, 0.05) is 30.4 Å². The molecular weight excluding hydrogens is 536 g/mol. The number of nitrogens with zero attached hydrogens (tertiary/aromatic N) is 6. The van der Waals surface area contributed by atoms with E-state index in [1.165, 1.54) is 53.5 Å². The fourth-order valence-electron chi connectivity index (χ4n) is 3.45. The van der Waals surface area contributed by atoms with Crippen molar-refractivity contribution in [3.8, 4) is 40.1 Å². The Hall–Kier alpha value is -4.74. The summed E-state index contributed by atoms with van der Waals surface area (Å²) in [6.07, 6.45) is 4.63. The van der Waals surface area contributed by atoms with E-state index >= 15 is 0 Å². The van der Waals surface area contributed by atoms with Crippen molar-refractivity contribution in [2.75, 3.05) is 4.72 Å². The number of thiazole rings is 1. The van der Waals surface area contributed by atoms with Gasteiger partial charge in [-0.05, 0) is 42.5 Å². The van der Waals surface area contributed by atoms with E-state index in [9.17, 15) is 22.5 Å². The molecule has 4 heterocycles. The minimum atomic E-state index is -4.00. The number of hydrogen-bond acceptors (Lipinski definition) is 9. The first-order valence-corrected chi connectivity index (χ1v) is 13.1. The van der Waals surface area contributed by atoms with Gasteiger partial charge in [0.1, 0.15) is 17.5 Å². The second-order valence-corrected chi connectivity index (χ2v) is 10.3. The monoisotopic (exact) mass is 551 g/mol. The average Bonchev–Trinajstić information content (AvgIpc) is 3.56. The number of nitrogens with one attached hydrogen (secondary N) is 1. The number of pyridine rings is 2. The maximum atomic E-state index is 14.3. The molecule has 1 aromatic carbocycles. The molecule has 0 aliphatic heterocycles. The van der Waals surface area contributed by atoms with Gasteiger partial charge in [0.05, 0.1) is 27.9 Å². The van der Waals surface area contributed by atoms with Gasteiger partial charge >= 0.3 is 0 Å². The van der Waals surface area contributed by atoms with Crippen LogP contribution in [-0.4, -0.2) is 33.2 Å². The zero-order valence-electron chi connectivity index (χ0n) is 19.3. The number of halogens is 2. The van der Waals surface area contributed by atoms with E-state index in [0.29, 0.717) is 5.56 Å². The zero-order valence-corrected chi connectivity index (χ0v) is 21.0. The van der Waals surface area contributed by atoms with Gasteiger partial charge in [-0.15, -0.1) is 11.3 Å². The molecule has 0 bridgehead atoms. The topological polar surface area (TPSA) is 136 Å². The van der Waals surface area contributed by atoms with Crippen LogP contribution >= 0.6 is 11.3 Å². The van der Waals surface area contributed by atoms with Crippen molar-refractivity contribution in [3.63, 3.8) is 0 Å². The van der Waals surface area contributed by atoms with Crippen LogP contribution in [0, 0.1) is 23.2 Å². The predicted octanol–water partition coefficient (Wildman–Crippen LogP) is 4.74. The van der Waals surface area contributed by atoms with Gasteiger partial charge in [-0.2, -0.15) is 24.1 Å². The van der Waals surface area contributed by atoms with E-state index in [1.54, 1.807) is 18.6 Å². The molecule has 0 saturated heterocycles. The number of aromatic nitrogens is 5. The Morgan fingerprint density at radius 2 is 1.92 bits per heavy atom. The summed E-state index contributed by atoms with van der Waals surface area (Å²) in [4.78, 5) is 11.4. The minimum Gasteiger partial charge on any atom is -0.454 e. The Morgan fingerprint density at radius 1 is 1.11 bits per heavy atom. The van der Waals surface area contributed by atoms with Crippen LogP contribution in [0.25, 0.3) is 22.5 Å². The van der Waals surface area contributed by atoms with Crippen LogP contribution in [0.2, 0.25) is 0 Å².